The number of para-hydroxylation sites is 1. The Morgan fingerprint density at radius 3 is 2.61 bits per heavy atom. The van der Waals surface area contributed by atoms with Crippen LogP contribution in [-0.2, 0) is 16.6 Å². The molecule has 3 aromatic rings. The molecular formula is C24H32N4O2S. The van der Waals surface area contributed by atoms with Crippen LogP contribution in [0, 0.1) is 0 Å². The first kappa shape index (κ1) is 21.7. The van der Waals surface area contributed by atoms with Crippen LogP contribution in [0.25, 0.3) is 10.9 Å². The molecule has 2 aromatic carbocycles. The average molecular weight is 441 g/mol. The molecule has 166 valence electrons. The number of hydrogen-bond acceptors (Lipinski definition) is 4. The zero-order chi connectivity index (χ0) is 21.8. The molecule has 0 saturated carbocycles. The minimum Gasteiger partial charge on any atom is -0.371 e. The molecule has 0 bridgehead atoms. The van der Waals surface area contributed by atoms with Gasteiger partial charge >= 0.3 is 0 Å². The van der Waals surface area contributed by atoms with Gasteiger partial charge in [0.2, 0.25) is 10.0 Å². The van der Waals surface area contributed by atoms with Gasteiger partial charge < -0.3 is 14.8 Å². The van der Waals surface area contributed by atoms with E-state index in [1.54, 1.807) is 13.0 Å². The van der Waals surface area contributed by atoms with Crippen LogP contribution in [0.15, 0.2) is 60.8 Å². The van der Waals surface area contributed by atoms with Crippen molar-refractivity contribution in [3.63, 3.8) is 0 Å². The number of sulfonamides is 1. The van der Waals surface area contributed by atoms with Crippen molar-refractivity contribution < 1.29 is 8.42 Å². The molecule has 4 rings (SSSR count). The highest BCUT2D eigenvalue weighted by Gasteiger charge is 2.21. The van der Waals surface area contributed by atoms with Crippen molar-refractivity contribution in [2.75, 3.05) is 28.5 Å². The quantitative estimate of drug-likeness (QED) is 0.555. The van der Waals surface area contributed by atoms with Crippen LogP contribution in [0.2, 0.25) is 0 Å². The third kappa shape index (κ3) is 5.40. The maximum absolute atomic E-state index is 11.9. The van der Waals surface area contributed by atoms with Crippen molar-refractivity contribution in [1.29, 1.82) is 0 Å². The molecule has 7 heteroatoms. The zero-order valence-corrected chi connectivity index (χ0v) is 19.1. The summed E-state index contributed by atoms with van der Waals surface area (Å²) in [5, 5.41) is 5.09. The van der Waals surface area contributed by atoms with Gasteiger partial charge in [-0.3, -0.25) is 4.72 Å². The van der Waals surface area contributed by atoms with Crippen molar-refractivity contribution in [1.82, 2.24) is 9.88 Å². The number of aromatic nitrogens is 1. The molecule has 0 unspecified atom stereocenters. The lowest BCUT2D eigenvalue weighted by Crippen LogP contribution is -2.46. The number of fused-ring (bicyclic) bond motifs is 1. The highest BCUT2D eigenvalue weighted by molar-refractivity contribution is 7.92. The van der Waals surface area contributed by atoms with E-state index < -0.39 is 10.0 Å². The molecule has 1 atom stereocenters. The second kappa shape index (κ2) is 9.32. The fourth-order valence-corrected chi connectivity index (χ4v) is 5.00. The molecule has 1 aromatic heterocycles. The summed E-state index contributed by atoms with van der Waals surface area (Å²) in [6.07, 6.45) is 4.31. The van der Waals surface area contributed by atoms with E-state index in [0.29, 0.717) is 17.8 Å². The van der Waals surface area contributed by atoms with Crippen molar-refractivity contribution in [3.05, 3.63) is 60.8 Å². The van der Waals surface area contributed by atoms with Gasteiger partial charge in [0.1, 0.15) is 0 Å². The second-order valence-electron chi connectivity index (χ2n) is 8.41. The molecule has 1 aliphatic heterocycles. The maximum atomic E-state index is 11.9. The Morgan fingerprint density at radius 1 is 1.06 bits per heavy atom. The highest BCUT2D eigenvalue weighted by Crippen LogP contribution is 2.24. The van der Waals surface area contributed by atoms with Crippen molar-refractivity contribution in [2.24, 2.45) is 0 Å². The molecule has 1 saturated heterocycles. The van der Waals surface area contributed by atoms with Crippen LogP contribution in [0.3, 0.4) is 0 Å². The Morgan fingerprint density at radius 2 is 1.84 bits per heavy atom. The lowest BCUT2D eigenvalue weighted by molar-refractivity contribution is 0.357. The number of hydrogen-bond donors (Lipinski definition) is 2. The Kier molecular flexibility index (Phi) is 6.53. The molecule has 0 spiro atoms. The molecular weight excluding hydrogens is 408 g/mol. The van der Waals surface area contributed by atoms with Gasteiger partial charge in [-0.1, -0.05) is 24.3 Å². The molecule has 0 aliphatic carbocycles. The Bertz CT molecular complexity index is 1120. The first-order valence-electron chi connectivity index (χ1n) is 11.1. The van der Waals surface area contributed by atoms with E-state index in [9.17, 15) is 8.42 Å². The first-order valence-corrected chi connectivity index (χ1v) is 12.7. The van der Waals surface area contributed by atoms with E-state index in [0.717, 1.165) is 38.2 Å². The number of anilines is 2. The number of nitrogens with one attached hydrogen (secondary N) is 2. The Hall–Kier alpha value is -2.51. The van der Waals surface area contributed by atoms with Crippen LogP contribution < -0.4 is 14.9 Å². The predicted octanol–water partition coefficient (Wildman–Crippen LogP) is 4.05. The molecule has 2 N–H and O–H groups in total. The summed E-state index contributed by atoms with van der Waals surface area (Å²) in [4.78, 5) is 2.34. The van der Waals surface area contributed by atoms with E-state index >= 15 is 0 Å². The van der Waals surface area contributed by atoms with Crippen LogP contribution >= 0.6 is 0 Å². The summed E-state index contributed by atoms with van der Waals surface area (Å²) in [5.41, 5.74) is 2.98. The third-order valence-corrected chi connectivity index (χ3v) is 7.34. The second-order valence-corrected chi connectivity index (χ2v) is 10.4. The normalized spacial score (nSPS) is 16.5. The number of piperidine rings is 1. The fraction of sp³-hybridized carbons (Fsp3) is 0.417. The van der Waals surface area contributed by atoms with Gasteiger partial charge in [-0.25, -0.2) is 8.42 Å². The number of rotatable bonds is 8. The van der Waals surface area contributed by atoms with Crippen molar-refractivity contribution in [3.8, 4) is 0 Å². The minimum atomic E-state index is -3.26. The third-order valence-electron chi connectivity index (χ3n) is 6.03. The summed E-state index contributed by atoms with van der Waals surface area (Å²) < 4.78 is 28.7. The fourth-order valence-electron chi connectivity index (χ4n) is 4.37. The van der Waals surface area contributed by atoms with Crippen LogP contribution in [0.1, 0.15) is 26.7 Å². The highest BCUT2D eigenvalue weighted by atomic mass is 32.2. The lowest BCUT2D eigenvalue weighted by atomic mass is 10.0. The Balaban J connectivity index is 1.30. The maximum Gasteiger partial charge on any atom is 0.232 e. The first-order chi connectivity index (χ1) is 14.9. The van der Waals surface area contributed by atoms with Gasteiger partial charge in [0.05, 0.1) is 11.4 Å². The molecule has 1 fully saturated rings. The predicted molar refractivity (Wildman–Crippen MR) is 129 cm³/mol. The smallest absolute Gasteiger partial charge is 0.232 e. The van der Waals surface area contributed by atoms with Gasteiger partial charge in [0.25, 0.3) is 0 Å². The van der Waals surface area contributed by atoms with E-state index in [1.165, 1.54) is 10.9 Å². The van der Waals surface area contributed by atoms with Gasteiger partial charge in [-0.05, 0) is 62.4 Å². The van der Waals surface area contributed by atoms with Crippen LogP contribution in [0.4, 0.5) is 11.4 Å². The lowest BCUT2D eigenvalue weighted by Gasteiger charge is -2.35. The van der Waals surface area contributed by atoms with Gasteiger partial charge in [0, 0.05) is 49.1 Å². The van der Waals surface area contributed by atoms with E-state index in [-0.39, 0.29) is 5.75 Å². The molecule has 6 nitrogen and oxygen atoms in total. The number of nitrogens with zero attached hydrogens (tertiary/aromatic N) is 2. The zero-order valence-electron chi connectivity index (χ0n) is 18.3. The van der Waals surface area contributed by atoms with Crippen molar-refractivity contribution in [2.45, 2.75) is 45.3 Å². The average Bonchev–Trinajstić information content (AvgIpc) is 3.17. The number of benzene rings is 2. The topological polar surface area (TPSA) is 66.4 Å². The standard InChI is InChI=1S/C24H32N4O2S/c1-3-31(29,30)26-22-8-6-9-23(17-22)27-15-12-21(13-16-27)25-19(2)18-28-14-11-20-7-4-5-10-24(20)28/h4-11,14,17,19,21,25-26H,3,12-13,15-16,18H2,1-2H3/t19-/m0/s1. The van der Waals surface area contributed by atoms with Crippen LogP contribution in [-0.4, -0.2) is 43.9 Å². The minimum absolute atomic E-state index is 0.0747. The van der Waals surface area contributed by atoms with E-state index in [2.05, 4.69) is 69.0 Å². The van der Waals surface area contributed by atoms with Crippen molar-refractivity contribution >= 4 is 32.3 Å². The SMILES string of the molecule is CCS(=O)(=O)Nc1cccc(N2CCC(N[C@@H](C)Cn3ccc4ccccc43)CC2)c1. The molecule has 31 heavy (non-hydrogen) atoms. The summed E-state index contributed by atoms with van der Waals surface area (Å²) in [5.74, 6) is 0.0747. The molecule has 0 radical (unpaired) electrons. The van der Waals surface area contributed by atoms with Gasteiger partial charge in [-0.15, -0.1) is 0 Å². The van der Waals surface area contributed by atoms with Gasteiger partial charge in [0.15, 0.2) is 0 Å². The molecule has 0 amide bonds. The van der Waals surface area contributed by atoms with E-state index in [1.807, 2.05) is 12.1 Å². The summed E-state index contributed by atoms with van der Waals surface area (Å²) >= 11 is 0. The summed E-state index contributed by atoms with van der Waals surface area (Å²) in [6.45, 7) is 6.77. The summed E-state index contributed by atoms with van der Waals surface area (Å²) in [6, 6.07) is 19.3. The van der Waals surface area contributed by atoms with E-state index in [4.69, 9.17) is 0 Å². The molecule has 1 aliphatic rings. The van der Waals surface area contributed by atoms with Crippen LogP contribution in [0.5, 0.6) is 0 Å². The molecule has 2 heterocycles. The monoisotopic (exact) mass is 440 g/mol. The van der Waals surface area contributed by atoms with Gasteiger partial charge in [-0.2, -0.15) is 0 Å². The Labute approximate surface area is 185 Å². The largest absolute Gasteiger partial charge is 0.371 e. The summed E-state index contributed by atoms with van der Waals surface area (Å²) in [7, 11) is -3.26.